The normalized spacial score (nSPS) is 10.4. The number of hydrogen-bond donors (Lipinski definition) is 3. The highest BCUT2D eigenvalue weighted by Crippen LogP contribution is 2.16. The van der Waals surface area contributed by atoms with Crippen LogP contribution >= 0.6 is 0 Å². The first kappa shape index (κ1) is 24.4. The van der Waals surface area contributed by atoms with Gasteiger partial charge in [0, 0.05) is 12.2 Å². The molecule has 9 heteroatoms. The van der Waals surface area contributed by atoms with Crippen molar-refractivity contribution in [1.29, 1.82) is 0 Å². The maximum Gasteiger partial charge on any atom is 0.329 e. The second-order valence-corrected chi connectivity index (χ2v) is 6.68. The van der Waals surface area contributed by atoms with Crippen molar-refractivity contribution in [3.63, 3.8) is 0 Å². The van der Waals surface area contributed by atoms with Gasteiger partial charge in [0.1, 0.15) is 11.5 Å². The van der Waals surface area contributed by atoms with E-state index in [1.165, 1.54) is 6.21 Å². The Morgan fingerprint density at radius 2 is 1.75 bits per heavy atom. The summed E-state index contributed by atoms with van der Waals surface area (Å²) in [6.07, 6.45) is 3.10. The van der Waals surface area contributed by atoms with Crippen LogP contribution < -0.4 is 25.5 Å². The van der Waals surface area contributed by atoms with Gasteiger partial charge in [0.25, 0.3) is 5.91 Å². The summed E-state index contributed by atoms with van der Waals surface area (Å²) in [5, 5.41) is 9.02. The van der Waals surface area contributed by atoms with Crippen molar-refractivity contribution in [2.24, 2.45) is 5.10 Å². The number of amides is 3. The first-order chi connectivity index (χ1) is 15.5. The van der Waals surface area contributed by atoms with Crippen LogP contribution in [-0.4, -0.2) is 43.7 Å². The summed E-state index contributed by atoms with van der Waals surface area (Å²) >= 11 is 0. The van der Waals surface area contributed by atoms with Gasteiger partial charge in [-0.3, -0.25) is 14.4 Å². The maximum absolute atomic E-state index is 12.1. The molecule has 9 nitrogen and oxygen atoms in total. The summed E-state index contributed by atoms with van der Waals surface area (Å²) in [5.41, 5.74) is 3.43. The third-order valence-corrected chi connectivity index (χ3v) is 4.08. The van der Waals surface area contributed by atoms with Crippen LogP contribution in [0, 0.1) is 0 Å². The predicted octanol–water partition coefficient (Wildman–Crippen LogP) is 2.47. The molecular formula is C23H28N4O5. The van der Waals surface area contributed by atoms with Crippen LogP contribution in [0.1, 0.15) is 32.3 Å². The molecule has 0 bridgehead atoms. The Bertz CT molecular complexity index is 928. The zero-order valence-corrected chi connectivity index (χ0v) is 18.2. The zero-order valence-electron chi connectivity index (χ0n) is 18.2. The lowest BCUT2D eigenvalue weighted by Crippen LogP contribution is -2.38. The Morgan fingerprint density at radius 3 is 2.47 bits per heavy atom. The smallest absolute Gasteiger partial charge is 0.329 e. The molecule has 0 aliphatic heterocycles. The van der Waals surface area contributed by atoms with Crippen LogP contribution in [0.3, 0.4) is 0 Å². The van der Waals surface area contributed by atoms with E-state index in [1.54, 1.807) is 48.5 Å². The molecule has 0 atom stereocenters. The molecule has 170 valence electrons. The van der Waals surface area contributed by atoms with Crippen LogP contribution in [0.4, 0.5) is 5.69 Å². The highest BCUT2D eigenvalue weighted by atomic mass is 16.5. The minimum absolute atomic E-state index is 0.178. The molecule has 2 aromatic carbocycles. The molecule has 0 unspecified atom stereocenters. The second kappa shape index (κ2) is 13.4. The van der Waals surface area contributed by atoms with Crippen molar-refractivity contribution in [2.75, 3.05) is 25.1 Å². The van der Waals surface area contributed by atoms with Crippen molar-refractivity contribution >= 4 is 29.6 Å². The van der Waals surface area contributed by atoms with Crippen LogP contribution in [0.5, 0.6) is 11.5 Å². The Morgan fingerprint density at radius 1 is 0.969 bits per heavy atom. The number of hydrogen-bond acceptors (Lipinski definition) is 6. The quantitative estimate of drug-likeness (QED) is 0.215. The van der Waals surface area contributed by atoms with Gasteiger partial charge >= 0.3 is 11.8 Å². The van der Waals surface area contributed by atoms with Crippen molar-refractivity contribution < 1.29 is 23.9 Å². The fourth-order valence-corrected chi connectivity index (χ4v) is 2.51. The third-order valence-electron chi connectivity index (χ3n) is 4.08. The molecule has 0 fully saturated rings. The van der Waals surface area contributed by atoms with E-state index in [-0.39, 0.29) is 12.5 Å². The summed E-state index contributed by atoms with van der Waals surface area (Å²) in [6.45, 7) is 4.73. The van der Waals surface area contributed by atoms with E-state index in [0.717, 1.165) is 18.6 Å². The highest BCUT2D eigenvalue weighted by molar-refractivity contribution is 6.35. The molecule has 0 radical (unpaired) electrons. The number of carbonyl (C=O) groups excluding carboxylic acids is 3. The van der Waals surface area contributed by atoms with Crippen LogP contribution in [-0.2, 0) is 14.4 Å². The fourth-order valence-electron chi connectivity index (χ4n) is 2.51. The SMILES string of the molecule is CCCCNC(=O)C(=O)N/N=C\c1cccc(OCC(=O)Nc2ccc(OCC)cc2)c1. The third kappa shape index (κ3) is 8.86. The molecule has 0 saturated heterocycles. The van der Waals surface area contributed by atoms with Gasteiger partial charge < -0.3 is 20.1 Å². The molecule has 0 heterocycles. The summed E-state index contributed by atoms with van der Waals surface area (Å²) in [4.78, 5) is 35.3. The number of carbonyl (C=O) groups is 3. The Kier molecular flexibility index (Phi) is 10.2. The summed E-state index contributed by atoms with van der Waals surface area (Å²) < 4.78 is 10.9. The first-order valence-corrected chi connectivity index (χ1v) is 10.4. The minimum atomic E-state index is -0.837. The molecule has 3 amide bonds. The van der Waals surface area contributed by atoms with Crippen molar-refractivity contribution in [1.82, 2.24) is 10.7 Å². The predicted molar refractivity (Wildman–Crippen MR) is 122 cm³/mol. The van der Waals surface area contributed by atoms with Gasteiger partial charge in [0.05, 0.1) is 12.8 Å². The van der Waals surface area contributed by atoms with E-state index in [4.69, 9.17) is 9.47 Å². The molecule has 2 rings (SSSR count). The van der Waals surface area contributed by atoms with Gasteiger partial charge in [0.2, 0.25) is 0 Å². The number of nitrogens with one attached hydrogen (secondary N) is 3. The lowest BCUT2D eigenvalue weighted by atomic mass is 10.2. The van der Waals surface area contributed by atoms with Gasteiger partial charge in [-0.15, -0.1) is 0 Å². The first-order valence-electron chi connectivity index (χ1n) is 10.4. The number of ether oxygens (including phenoxy) is 2. The van der Waals surface area contributed by atoms with E-state index >= 15 is 0 Å². The Labute approximate surface area is 187 Å². The maximum atomic E-state index is 12.1. The van der Waals surface area contributed by atoms with Gasteiger partial charge in [-0.25, -0.2) is 5.43 Å². The minimum Gasteiger partial charge on any atom is -0.494 e. The number of hydrazone groups is 1. The number of nitrogens with zero attached hydrogens (tertiary/aromatic N) is 1. The number of unbranched alkanes of at least 4 members (excludes halogenated alkanes) is 1. The van der Waals surface area contributed by atoms with Crippen molar-refractivity contribution in [2.45, 2.75) is 26.7 Å². The molecule has 0 spiro atoms. The number of anilines is 1. The molecule has 0 aromatic heterocycles. The average Bonchev–Trinajstić information content (AvgIpc) is 2.79. The van der Waals surface area contributed by atoms with E-state index in [1.807, 2.05) is 13.8 Å². The number of benzene rings is 2. The molecule has 2 aromatic rings. The molecule has 3 N–H and O–H groups in total. The van der Waals surface area contributed by atoms with Gasteiger partial charge in [-0.2, -0.15) is 5.10 Å². The summed E-state index contributed by atoms with van der Waals surface area (Å²) in [5.74, 6) is -0.690. The van der Waals surface area contributed by atoms with Crippen molar-refractivity contribution in [3.8, 4) is 11.5 Å². The average molecular weight is 441 g/mol. The Hall–Kier alpha value is -3.88. The van der Waals surface area contributed by atoms with E-state index in [9.17, 15) is 14.4 Å². The Balaban J connectivity index is 1.79. The zero-order chi connectivity index (χ0) is 23.2. The van der Waals surface area contributed by atoms with Crippen molar-refractivity contribution in [3.05, 3.63) is 54.1 Å². The van der Waals surface area contributed by atoms with E-state index in [2.05, 4.69) is 21.2 Å². The van der Waals surface area contributed by atoms with E-state index in [0.29, 0.717) is 30.2 Å². The monoisotopic (exact) mass is 440 g/mol. The molecule has 0 saturated carbocycles. The van der Waals surface area contributed by atoms with Gasteiger partial charge in [-0.1, -0.05) is 25.5 Å². The van der Waals surface area contributed by atoms with Crippen LogP contribution in [0.15, 0.2) is 53.6 Å². The highest BCUT2D eigenvalue weighted by Gasteiger charge is 2.11. The molecule has 0 aliphatic carbocycles. The summed E-state index contributed by atoms with van der Waals surface area (Å²) in [6, 6.07) is 13.9. The van der Waals surface area contributed by atoms with E-state index < -0.39 is 11.8 Å². The van der Waals surface area contributed by atoms with Gasteiger partial charge in [-0.05, 0) is 55.3 Å². The number of rotatable bonds is 11. The molecular weight excluding hydrogens is 412 g/mol. The van der Waals surface area contributed by atoms with Gasteiger partial charge in [0.15, 0.2) is 6.61 Å². The summed E-state index contributed by atoms with van der Waals surface area (Å²) in [7, 11) is 0. The standard InChI is InChI=1S/C23H28N4O5/c1-3-5-13-24-22(29)23(30)27-25-15-17-7-6-8-20(14-17)32-16-21(28)26-18-9-11-19(12-10-18)31-4-2/h6-12,14-15H,3-5,13,16H2,1-2H3,(H,24,29)(H,26,28)(H,27,30)/b25-15-. The largest absolute Gasteiger partial charge is 0.494 e. The van der Waals surface area contributed by atoms with Crippen LogP contribution in [0.25, 0.3) is 0 Å². The topological polar surface area (TPSA) is 118 Å². The fraction of sp³-hybridized carbons (Fsp3) is 0.304. The molecule has 0 aliphatic rings. The second-order valence-electron chi connectivity index (χ2n) is 6.68. The van der Waals surface area contributed by atoms with Crippen LogP contribution in [0.2, 0.25) is 0 Å². The molecule has 32 heavy (non-hydrogen) atoms. The lowest BCUT2D eigenvalue weighted by Gasteiger charge is -2.09. The lowest BCUT2D eigenvalue weighted by molar-refractivity contribution is -0.139.